The Balaban J connectivity index is 2.64. The van der Waals surface area contributed by atoms with E-state index in [1.165, 1.54) is 11.6 Å². The molecule has 76 valence electrons. The predicted octanol–water partition coefficient (Wildman–Crippen LogP) is 4.03. The molecule has 4 heteroatoms. The summed E-state index contributed by atoms with van der Waals surface area (Å²) >= 11 is 11.1. The van der Waals surface area contributed by atoms with Gasteiger partial charge in [0.1, 0.15) is 5.82 Å². The molecule has 0 aromatic heterocycles. The van der Waals surface area contributed by atoms with E-state index in [9.17, 15) is 4.39 Å². The molecule has 1 aromatic rings. The number of hydrogen-bond acceptors (Lipinski definition) is 1. The van der Waals surface area contributed by atoms with E-state index < -0.39 is 5.82 Å². The van der Waals surface area contributed by atoms with Crippen molar-refractivity contribution in [2.45, 2.75) is 6.92 Å². The fourth-order valence-electron chi connectivity index (χ4n) is 0.886. The molecule has 0 atom stereocenters. The molecule has 0 amide bonds. The van der Waals surface area contributed by atoms with Gasteiger partial charge in [-0.3, -0.25) is 0 Å². The van der Waals surface area contributed by atoms with Gasteiger partial charge in [-0.15, -0.1) is 0 Å². The lowest BCUT2D eigenvalue weighted by Gasteiger charge is -2.06. The molecule has 0 fully saturated rings. The number of nitrogens with one attached hydrogen (secondary N) is 1. The van der Waals surface area contributed by atoms with Gasteiger partial charge in [0.2, 0.25) is 0 Å². The van der Waals surface area contributed by atoms with Gasteiger partial charge in [0.05, 0.1) is 5.02 Å². The summed E-state index contributed by atoms with van der Waals surface area (Å²) in [6.45, 7) is 2.51. The molecule has 14 heavy (non-hydrogen) atoms. The first-order valence-electron chi connectivity index (χ1n) is 4.08. The number of anilines is 1. The van der Waals surface area contributed by atoms with E-state index in [1.54, 1.807) is 12.1 Å². The number of hydrogen-bond donors (Lipinski definition) is 1. The van der Waals surface area contributed by atoms with Crippen LogP contribution in [0.15, 0.2) is 29.3 Å². The predicted molar refractivity (Wildman–Crippen MR) is 59.5 cm³/mol. The fraction of sp³-hybridized carbons (Fsp3) is 0.200. The molecule has 0 radical (unpaired) electrons. The van der Waals surface area contributed by atoms with Crippen LogP contribution in [-0.4, -0.2) is 6.54 Å². The molecule has 0 aliphatic rings. The van der Waals surface area contributed by atoms with Crippen LogP contribution in [0.4, 0.5) is 10.1 Å². The van der Waals surface area contributed by atoms with E-state index >= 15 is 0 Å². The molecule has 1 aromatic carbocycles. The van der Waals surface area contributed by atoms with Crippen LogP contribution in [0, 0.1) is 5.82 Å². The third kappa shape index (κ3) is 3.20. The molecule has 0 saturated heterocycles. The Hall–Kier alpha value is -0.730. The van der Waals surface area contributed by atoms with Gasteiger partial charge in [-0.2, -0.15) is 0 Å². The van der Waals surface area contributed by atoms with Gasteiger partial charge >= 0.3 is 0 Å². The lowest BCUT2D eigenvalue weighted by atomic mass is 10.3. The van der Waals surface area contributed by atoms with E-state index in [2.05, 4.69) is 5.32 Å². The molecular weight excluding hydrogens is 224 g/mol. The average Bonchev–Trinajstić information content (AvgIpc) is 2.19. The standard InChI is InChI=1S/C10H10Cl2FN/c1-7(5-11)6-14-8-2-3-10(13)9(12)4-8/h2-5,14H,6H2,1H3/b7-5-. The maximum Gasteiger partial charge on any atom is 0.141 e. The Morgan fingerprint density at radius 2 is 2.29 bits per heavy atom. The Bertz CT molecular complexity index is 350. The largest absolute Gasteiger partial charge is 0.381 e. The Kier molecular flexibility index (Phi) is 4.23. The summed E-state index contributed by atoms with van der Waals surface area (Å²) in [5, 5.41) is 3.17. The molecule has 0 bridgehead atoms. The summed E-state index contributed by atoms with van der Waals surface area (Å²) < 4.78 is 12.8. The van der Waals surface area contributed by atoms with Gasteiger partial charge in [0, 0.05) is 17.8 Å². The van der Waals surface area contributed by atoms with Crippen molar-refractivity contribution in [1.29, 1.82) is 0 Å². The zero-order valence-corrected chi connectivity index (χ0v) is 9.16. The van der Waals surface area contributed by atoms with Gasteiger partial charge in [-0.1, -0.05) is 23.2 Å². The molecule has 0 aliphatic carbocycles. The van der Waals surface area contributed by atoms with E-state index in [0.717, 1.165) is 11.3 Å². The first kappa shape index (κ1) is 11.3. The molecule has 0 heterocycles. The lowest BCUT2D eigenvalue weighted by Crippen LogP contribution is -2.02. The van der Waals surface area contributed by atoms with Crippen molar-refractivity contribution in [2.75, 3.05) is 11.9 Å². The van der Waals surface area contributed by atoms with Crippen LogP contribution < -0.4 is 5.32 Å². The van der Waals surface area contributed by atoms with Gasteiger partial charge in [0.15, 0.2) is 0 Å². The van der Waals surface area contributed by atoms with Crippen LogP contribution in [0.5, 0.6) is 0 Å². The van der Waals surface area contributed by atoms with Crippen molar-refractivity contribution in [3.63, 3.8) is 0 Å². The monoisotopic (exact) mass is 233 g/mol. The first-order chi connectivity index (χ1) is 6.63. The second-order valence-corrected chi connectivity index (χ2v) is 3.56. The van der Waals surface area contributed by atoms with Gasteiger partial charge in [0.25, 0.3) is 0 Å². The zero-order valence-electron chi connectivity index (χ0n) is 7.65. The quantitative estimate of drug-likeness (QED) is 0.832. The summed E-state index contributed by atoms with van der Waals surface area (Å²) in [6.07, 6.45) is 0. The summed E-state index contributed by atoms with van der Waals surface area (Å²) in [4.78, 5) is 0. The minimum absolute atomic E-state index is 0.113. The third-order valence-corrected chi connectivity index (χ3v) is 2.34. The topological polar surface area (TPSA) is 12.0 Å². The van der Waals surface area contributed by atoms with Gasteiger partial charge in [-0.05, 0) is 30.7 Å². The first-order valence-corrected chi connectivity index (χ1v) is 4.89. The Labute approximate surface area is 92.5 Å². The molecule has 0 aliphatic heterocycles. The molecule has 0 unspecified atom stereocenters. The lowest BCUT2D eigenvalue weighted by molar-refractivity contribution is 0.628. The molecule has 1 nitrogen and oxygen atoms in total. The normalized spacial score (nSPS) is 11.6. The maximum atomic E-state index is 12.8. The van der Waals surface area contributed by atoms with Crippen LogP contribution in [0.3, 0.4) is 0 Å². The van der Waals surface area contributed by atoms with Crippen molar-refractivity contribution in [3.8, 4) is 0 Å². The Morgan fingerprint density at radius 3 is 2.86 bits per heavy atom. The van der Waals surface area contributed by atoms with Crippen molar-refractivity contribution < 1.29 is 4.39 Å². The summed E-state index contributed by atoms with van der Waals surface area (Å²) in [7, 11) is 0. The highest BCUT2D eigenvalue weighted by atomic mass is 35.5. The highest BCUT2D eigenvalue weighted by Crippen LogP contribution is 2.19. The van der Waals surface area contributed by atoms with Crippen LogP contribution in [0.25, 0.3) is 0 Å². The molecular formula is C10H10Cl2FN. The SMILES string of the molecule is C/C(=C/Cl)CNc1ccc(F)c(Cl)c1. The summed E-state index contributed by atoms with van der Waals surface area (Å²) in [5.41, 5.74) is 3.26. The van der Waals surface area contributed by atoms with Crippen molar-refractivity contribution >= 4 is 28.9 Å². The summed E-state index contributed by atoms with van der Waals surface area (Å²) in [6, 6.07) is 4.49. The van der Waals surface area contributed by atoms with Crippen molar-refractivity contribution in [1.82, 2.24) is 0 Å². The third-order valence-electron chi connectivity index (χ3n) is 1.68. The minimum Gasteiger partial charge on any atom is -0.381 e. The van der Waals surface area contributed by atoms with Crippen LogP contribution in [-0.2, 0) is 0 Å². The highest BCUT2D eigenvalue weighted by Gasteiger charge is 1.99. The second kappa shape index (κ2) is 5.23. The highest BCUT2D eigenvalue weighted by molar-refractivity contribution is 6.31. The van der Waals surface area contributed by atoms with Crippen molar-refractivity contribution in [3.05, 3.63) is 40.1 Å². The maximum absolute atomic E-state index is 12.8. The van der Waals surface area contributed by atoms with Crippen LogP contribution in [0.1, 0.15) is 6.92 Å². The van der Waals surface area contributed by atoms with Gasteiger partial charge in [-0.25, -0.2) is 4.39 Å². The van der Waals surface area contributed by atoms with E-state index in [0.29, 0.717) is 6.54 Å². The Morgan fingerprint density at radius 1 is 1.57 bits per heavy atom. The number of benzene rings is 1. The molecule has 1 rings (SSSR count). The second-order valence-electron chi connectivity index (χ2n) is 2.94. The smallest absolute Gasteiger partial charge is 0.141 e. The fourth-order valence-corrected chi connectivity index (χ4v) is 1.14. The number of halogens is 3. The van der Waals surface area contributed by atoms with Crippen LogP contribution >= 0.6 is 23.2 Å². The van der Waals surface area contributed by atoms with E-state index in [-0.39, 0.29) is 5.02 Å². The molecule has 0 saturated carbocycles. The number of rotatable bonds is 3. The van der Waals surface area contributed by atoms with E-state index in [4.69, 9.17) is 23.2 Å². The zero-order chi connectivity index (χ0) is 10.6. The molecule has 1 N–H and O–H groups in total. The average molecular weight is 234 g/mol. The molecule has 0 spiro atoms. The van der Waals surface area contributed by atoms with Gasteiger partial charge < -0.3 is 5.32 Å². The van der Waals surface area contributed by atoms with Crippen LogP contribution in [0.2, 0.25) is 5.02 Å². The van der Waals surface area contributed by atoms with E-state index in [1.807, 2.05) is 6.92 Å². The van der Waals surface area contributed by atoms with Crippen molar-refractivity contribution in [2.24, 2.45) is 0 Å². The minimum atomic E-state index is -0.415. The summed E-state index contributed by atoms with van der Waals surface area (Å²) in [5.74, 6) is -0.415.